The molecule has 1 aromatic rings. The molecule has 2 unspecified atom stereocenters. The fourth-order valence-electron chi connectivity index (χ4n) is 5.17. The third kappa shape index (κ3) is 5.08. The first-order chi connectivity index (χ1) is 17.2. The highest BCUT2D eigenvalue weighted by atomic mass is 35.5. The van der Waals surface area contributed by atoms with Crippen molar-refractivity contribution in [2.75, 3.05) is 66.1 Å². The number of carbonyl (C=O) groups excluding carboxylic acids is 1. The summed E-state index contributed by atoms with van der Waals surface area (Å²) in [6.45, 7) is 7.02. The van der Waals surface area contributed by atoms with Crippen molar-refractivity contribution in [3.8, 4) is 5.75 Å². The smallest absolute Gasteiger partial charge is 0.268 e. The van der Waals surface area contributed by atoms with Gasteiger partial charge in [-0.05, 0) is 37.1 Å². The number of nitrogens with zero attached hydrogens (tertiary/aromatic N) is 4. The summed E-state index contributed by atoms with van der Waals surface area (Å²) >= 11 is 6.62. The molecular formula is C24H35ClFN5O4S. The molecule has 0 aliphatic carbocycles. The Morgan fingerprint density at radius 3 is 2.53 bits per heavy atom. The molecule has 0 bridgehead atoms. The molecule has 2 atom stereocenters. The monoisotopic (exact) mass is 543 g/mol. The summed E-state index contributed by atoms with van der Waals surface area (Å²) in [7, 11) is -1.98. The first-order valence-corrected chi connectivity index (χ1v) is 14.3. The summed E-state index contributed by atoms with van der Waals surface area (Å²) in [5.74, 6) is 0.292. The van der Waals surface area contributed by atoms with Crippen LogP contribution in [0.15, 0.2) is 34.4 Å². The van der Waals surface area contributed by atoms with Crippen LogP contribution in [0.5, 0.6) is 5.75 Å². The number of halogens is 2. The molecule has 1 aromatic carbocycles. The van der Waals surface area contributed by atoms with Gasteiger partial charge in [-0.15, -0.1) is 0 Å². The minimum Gasteiger partial charge on any atom is -0.494 e. The van der Waals surface area contributed by atoms with Crippen LogP contribution in [0.3, 0.4) is 0 Å². The van der Waals surface area contributed by atoms with Crippen LogP contribution in [0, 0.1) is 0 Å². The van der Waals surface area contributed by atoms with E-state index in [9.17, 15) is 17.6 Å². The normalized spacial score (nSPS) is 24.2. The number of benzene rings is 1. The van der Waals surface area contributed by atoms with Crippen molar-refractivity contribution in [1.29, 1.82) is 0 Å². The van der Waals surface area contributed by atoms with Crippen LogP contribution >= 0.6 is 11.6 Å². The van der Waals surface area contributed by atoms with Gasteiger partial charge < -0.3 is 15.0 Å². The minimum absolute atomic E-state index is 0.146. The van der Waals surface area contributed by atoms with E-state index in [1.807, 2.05) is 11.8 Å². The Hall–Kier alpha value is -1.92. The van der Waals surface area contributed by atoms with E-state index in [1.165, 1.54) is 4.31 Å². The molecule has 1 amide bonds. The van der Waals surface area contributed by atoms with Crippen molar-refractivity contribution in [2.24, 2.45) is 0 Å². The lowest BCUT2D eigenvalue weighted by Gasteiger charge is -2.40. The molecule has 3 heterocycles. The zero-order chi connectivity index (χ0) is 26.0. The molecule has 9 nitrogen and oxygen atoms in total. The predicted octanol–water partition coefficient (Wildman–Crippen LogP) is 1.97. The number of ether oxygens (including phenoxy) is 1. The van der Waals surface area contributed by atoms with Crippen LogP contribution in [0.2, 0.25) is 0 Å². The molecule has 200 valence electrons. The van der Waals surface area contributed by atoms with Gasteiger partial charge in [-0.25, -0.2) is 12.8 Å². The van der Waals surface area contributed by atoms with E-state index in [0.29, 0.717) is 62.9 Å². The standard InChI is InChI=1S/C24H35ClFN5O4S/c1-4-9-30-16-19-21(27-23(32)22(19)28(3)24(30)25)18-15-17(6-7-20(18)35-5-2)36(33,34)31-13-11-29(10-8-26)12-14-31/h6-7,15,21,24H,4-5,8-14,16H2,1-3H3,(H,27,32). The van der Waals surface area contributed by atoms with Gasteiger partial charge >= 0.3 is 0 Å². The molecule has 12 heteroatoms. The van der Waals surface area contributed by atoms with Crippen molar-refractivity contribution >= 4 is 27.5 Å². The van der Waals surface area contributed by atoms with Crippen LogP contribution in [0.4, 0.5) is 4.39 Å². The number of hydrogen-bond donors (Lipinski definition) is 1. The van der Waals surface area contributed by atoms with Crippen LogP contribution < -0.4 is 10.1 Å². The van der Waals surface area contributed by atoms with Crippen molar-refractivity contribution < 1.29 is 22.3 Å². The third-order valence-electron chi connectivity index (χ3n) is 6.96. The quantitative estimate of drug-likeness (QED) is 0.376. The number of likely N-dealkylation sites (N-methyl/N-ethyl adjacent to an activating group) is 1. The van der Waals surface area contributed by atoms with Crippen LogP contribution in [-0.2, 0) is 14.8 Å². The molecule has 0 aromatic heterocycles. The lowest BCUT2D eigenvalue weighted by Crippen LogP contribution is -2.49. The van der Waals surface area contributed by atoms with Gasteiger partial charge in [0.2, 0.25) is 10.0 Å². The molecule has 1 N–H and O–H groups in total. The van der Waals surface area contributed by atoms with E-state index in [4.69, 9.17) is 16.3 Å². The van der Waals surface area contributed by atoms with Crippen molar-refractivity contribution in [1.82, 2.24) is 24.3 Å². The number of rotatable bonds is 9. The summed E-state index contributed by atoms with van der Waals surface area (Å²) < 4.78 is 47.0. The second-order valence-corrected chi connectivity index (χ2v) is 11.6. The molecule has 1 saturated heterocycles. The van der Waals surface area contributed by atoms with Crippen LogP contribution in [0.1, 0.15) is 31.9 Å². The number of amides is 1. The lowest BCUT2D eigenvalue weighted by atomic mass is 9.97. The van der Waals surface area contributed by atoms with Gasteiger partial charge in [-0.3, -0.25) is 14.6 Å². The predicted molar refractivity (Wildman–Crippen MR) is 136 cm³/mol. The van der Waals surface area contributed by atoms with Gasteiger partial charge in [-0.2, -0.15) is 4.31 Å². The molecule has 0 radical (unpaired) electrons. The lowest BCUT2D eigenvalue weighted by molar-refractivity contribution is -0.118. The fourth-order valence-corrected chi connectivity index (χ4v) is 6.89. The number of nitrogens with one attached hydrogen (secondary N) is 1. The SMILES string of the molecule is CCCN1CC2=C(C(=O)NC2c2cc(S(=O)(=O)N3CCN(CCF)CC3)ccc2OCC)N(C)C1Cl. The van der Waals surface area contributed by atoms with E-state index in [-0.39, 0.29) is 10.8 Å². The van der Waals surface area contributed by atoms with Crippen molar-refractivity contribution in [3.63, 3.8) is 0 Å². The summed E-state index contributed by atoms with van der Waals surface area (Å²) in [5, 5.41) is 3.03. The molecule has 3 aliphatic heterocycles. The highest BCUT2D eigenvalue weighted by Gasteiger charge is 2.43. The van der Waals surface area contributed by atoms with E-state index < -0.39 is 28.4 Å². The Bertz CT molecular complexity index is 1110. The summed E-state index contributed by atoms with van der Waals surface area (Å²) in [5.41, 5.74) is 1.53. The van der Waals surface area contributed by atoms with E-state index in [1.54, 1.807) is 30.1 Å². The first-order valence-electron chi connectivity index (χ1n) is 12.4. The van der Waals surface area contributed by atoms with Gasteiger partial charge in [0.05, 0.1) is 17.5 Å². The first kappa shape index (κ1) is 27.1. The molecule has 36 heavy (non-hydrogen) atoms. The molecule has 4 rings (SSSR count). The van der Waals surface area contributed by atoms with Gasteiger partial charge in [0, 0.05) is 58.4 Å². The number of hydrogen-bond acceptors (Lipinski definition) is 7. The van der Waals surface area contributed by atoms with E-state index in [0.717, 1.165) is 18.5 Å². The minimum atomic E-state index is -3.78. The average molecular weight is 544 g/mol. The summed E-state index contributed by atoms with van der Waals surface area (Å²) in [6.07, 6.45) is 0.905. The average Bonchev–Trinajstić information content (AvgIpc) is 3.19. The maximum atomic E-state index is 13.5. The number of sulfonamides is 1. The second kappa shape index (κ2) is 11.2. The van der Waals surface area contributed by atoms with Gasteiger partial charge in [0.1, 0.15) is 18.1 Å². The van der Waals surface area contributed by atoms with Gasteiger partial charge in [-0.1, -0.05) is 18.5 Å². The molecule has 0 spiro atoms. The zero-order valence-electron chi connectivity index (χ0n) is 21.0. The molecule has 1 fully saturated rings. The van der Waals surface area contributed by atoms with E-state index >= 15 is 0 Å². The highest BCUT2D eigenvalue weighted by Crippen LogP contribution is 2.41. The zero-order valence-corrected chi connectivity index (χ0v) is 22.6. The van der Waals surface area contributed by atoms with Crippen LogP contribution in [-0.4, -0.2) is 105 Å². The Balaban J connectivity index is 1.69. The number of piperazine rings is 1. The summed E-state index contributed by atoms with van der Waals surface area (Å²) in [4.78, 5) is 18.9. The van der Waals surface area contributed by atoms with E-state index in [2.05, 4.69) is 17.1 Å². The second-order valence-electron chi connectivity index (χ2n) is 9.24. The third-order valence-corrected chi connectivity index (χ3v) is 9.43. The van der Waals surface area contributed by atoms with Crippen molar-refractivity contribution in [3.05, 3.63) is 35.0 Å². The molecular weight excluding hydrogens is 509 g/mol. The van der Waals surface area contributed by atoms with Crippen molar-refractivity contribution in [2.45, 2.75) is 36.8 Å². The topological polar surface area (TPSA) is 85.4 Å². The fraction of sp³-hybridized carbons (Fsp3) is 0.625. The highest BCUT2D eigenvalue weighted by molar-refractivity contribution is 7.89. The van der Waals surface area contributed by atoms with Gasteiger partial charge in [0.15, 0.2) is 5.62 Å². The van der Waals surface area contributed by atoms with Gasteiger partial charge in [0.25, 0.3) is 5.91 Å². The summed E-state index contributed by atoms with van der Waals surface area (Å²) in [6, 6.07) is 4.30. The maximum absolute atomic E-state index is 13.5. The Kier molecular flexibility index (Phi) is 8.45. The molecule has 0 saturated carbocycles. The maximum Gasteiger partial charge on any atom is 0.268 e. The number of alkyl halides is 2. The Morgan fingerprint density at radius 2 is 1.89 bits per heavy atom. The van der Waals surface area contributed by atoms with Crippen LogP contribution in [0.25, 0.3) is 0 Å². The largest absolute Gasteiger partial charge is 0.494 e. The number of carbonyl (C=O) groups is 1. The Labute approximate surface area is 217 Å². The molecule has 3 aliphatic rings. The Morgan fingerprint density at radius 1 is 1.17 bits per heavy atom.